The molecule has 0 aromatic heterocycles. The summed E-state index contributed by atoms with van der Waals surface area (Å²) in [6, 6.07) is 4.37. The van der Waals surface area contributed by atoms with Crippen LogP contribution in [0.3, 0.4) is 0 Å². The van der Waals surface area contributed by atoms with Gasteiger partial charge in [-0.25, -0.2) is 4.39 Å². The van der Waals surface area contributed by atoms with Gasteiger partial charge < -0.3 is 15.7 Å². The first-order chi connectivity index (χ1) is 9.38. The molecular weight excluding hydrogens is 267 g/mol. The van der Waals surface area contributed by atoms with Crippen molar-refractivity contribution >= 4 is 23.5 Å². The summed E-state index contributed by atoms with van der Waals surface area (Å²) < 4.78 is 12.9. The molecule has 1 aromatic carbocycles. The van der Waals surface area contributed by atoms with E-state index in [2.05, 4.69) is 10.6 Å². The number of carboxylic acid groups (broad SMARTS) is 1. The molecule has 0 aliphatic carbocycles. The van der Waals surface area contributed by atoms with Crippen molar-refractivity contribution in [1.29, 1.82) is 0 Å². The maximum absolute atomic E-state index is 12.9. The number of rotatable bonds is 6. The highest BCUT2D eigenvalue weighted by Crippen LogP contribution is 2.09. The normalized spacial score (nSPS) is 11.5. The molecule has 0 fully saturated rings. The zero-order chi connectivity index (χ0) is 15.1. The van der Waals surface area contributed by atoms with E-state index in [0.29, 0.717) is 5.69 Å². The Bertz CT molecular complexity index is 519. The third-order valence-corrected chi connectivity index (χ3v) is 2.44. The zero-order valence-electron chi connectivity index (χ0n) is 10.9. The molecule has 0 saturated carbocycles. The van der Waals surface area contributed by atoms with Gasteiger partial charge in [0.05, 0.1) is 0 Å². The zero-order valence-corrected chi connectivity index (χ0v) is 10.9. The molecule has 0 heterocycles. The van der Waals surface area contributed by atoms with Crippen LogP contribution in [0.2, 0.25) is 0 Å². The molecule has 7 heteroatoms. The van der Waals surface area contributed by atoms with E-state index in [1.807, 2.05) is 0 Å². The predicted octanol–water partition coefficient (Wildman–Crippen LogP) is 1.13. The summed E-state index contributed by atoms with van der Waals surface area (Å²) in [4.78, 5) is 33.4. The lowest BCUT2D eigenvalue weighted by Gasteiger charge is -2.09. The molecular formula is C13H15FN2O4. The molecule has 0 radical (unpaired) electrons. The number of benzene rings is 1. The summed E-state index contributed by atoms with van der Waals surface area (Å²) in [6.07, 6.45) is -0.256. The third kappa shape index (κ3) is 5.47. The first-order valence-corrected chi connectivity index (χ1v) is 5.96. The lowest BCUT2D eigenvalue weighted by atomic mass is 10.2. The summed E-state index contributed by atoms with van der Waals surface area (Å²) in [7, 11) is 0. The average molecular weight is 282 g/mol. The number of aliphatic carboxylic acids is 1. The van der Waals surface area contributed by atoms with Gasteiger partial charge in [0.1, 0.15) is 11.9 Å². The van der Waals surface area contributed by atoms with Crippen molar-refractivity contribution in [2.45, 2.75) is 25.8 Å². The Morgan fingerprint density at radius 3 is 2.50 bits per heavy atom. The second-order valence-electron chi connectivity index (χ2n) is 4.19. The molecule has 1 unspecified atom stereocenters. The molecule has 0 spiro atoms. The monoisotopic (exact) mass is 282 g/mol. The van der Waals surface area contributed by atoms with E-state index in [0.717, 1.165) is 6.07 Å². The summed E-state index contributed by atoms with van der Waals surface area (Å²) in [5, 5.41) is 13.3. The van der Waals surface area contributed by atoms with Gasteiger partial charge in [0.2, 0.25) is 11.8 Å². The lowest BCUT2D eigenvalue weighted by Crippen LogP contribution is -2.38. The second-order valence-corrected chi connectivity index (χ2v) is 4.19. The van der Waals surface area contributed by atoms with E-state index >= 15 is 0 Å². The van der Waals surface area contributed by atoms with Crippen LogP contribution in [0.15, 0.2) is 24.3 Å². The Morgan fingerprint density at radius 2 is 1.90 bits per heavy atom. The van der Waals surface area contributed by atoms with E-state index in [9.17, 15) is 18.8 Å². The standard InChI is InChI=1S/C13H15FN2O4/c1-8(13(19)20)15-11(17)5-6-12(18)16-10-4-2-3-9(14)7-10/h2-4,7-8H,5-6H2,1H3,(H,15,17)(H,16,18)(H,19,20). The summed E-state index contributed by atoms with van der Waals surface area (Å²) in [5.41, 5.74) is 0.300. The van der Waals surface area contributed by atoms with Crippen LogP contribution in [0.4, 0.5) is 10.1 Å². The number of nitrogens with one attached hydrogen (secondary N) is 2. The molecule has 108 valence electrons. The van der Waals surface area contributed by atoms with Gasteiger partial charge in [-0.15, -0.1) is 0 Å². The molecule has 1 atom stereocenters. The van der Waals surface area contributed by atoms with E-state index in [1.54, 1.807) is 0 Å². The number of hydrogen-bond donors (Lipinski definition) is 3. The molecule has 6 nitrogen and oxygen atoms in total. The molecule has 1 rings (SSSR count). The Morgan fingerprint density at radius 1 is 1.25 bits per heavy atom. The van der Waals surface area contributed by atoms with Crippen molar-refractivity contribution in [2.24, 2.45) is 0 Å². The van der Waals surface area contributed by atoms with E-state index < -0.39 is 29.6 Å². The largest absolute Gasteiger partial charge is 0.480 e. The molecule has 1 aromatic rings. The highest BCUT2D eigenvalue weighted by molar-refractivity contribution is 5.93. The topological polar surface area (TPSA) is 95.5 Å². The maximum Gasteiger partial charge on any atom is 0.325 e. The smallest absolute Gasteiger partial charge is 0.325 e. The van der Waals surface area contributed by atoms with Crippen molar-refractivity contribution in [2.75, 3.05) is 5.32 Å². The average Bonchev–Trinajstić information content (AvgIpc) is 2.36. The Kier molecular flexibility index (Phi) is 5.64. The van der Waals surface area contributed by atoms with Gasteiger partial charge in [-0.05, 0) is 25.1 Å². The van der Waals surface area contributed by atoms with Crippen LogP contribution in [-0.4, -0.2) is 28.9 Å². The van der Waals surface area contributed by atoms with Crippen LogP contribution < -0.4 is 10.6 Å². The van der Waals surface area contributed by atoms with Crippen molar-refractivity contribution in [3.05, 3.63) is 30.1 Å². The number of carboxylic acids is 1. The van der Waals surface area contributed by atoms with Gasteiger partial charge in [-0.2, -0.15) is 0 Å². The molecule has 0 aliphatic heterocycles. The van der Waals surface area contributed by atoms with Gasteiger partial charge in [0.25, 0.3) is 0 Å². The predicted molar refractivity (Wildman–Crippen MR) is 69.5 cm³/mol. The quantitative estimate of drug-likeness (QED) is 0.729. The van der Waals surface area contributed by atoms with Crippen LogP contribution in [-0.2, 0) is 14.4 Å². The molecule has 0 saturated heterocycles. The number of carbonyl (C=O) groups excluding carboxylic acids is 2. The number of hydrogen-bond acceptors (Lipinski definition) is 3. The first kappa shape index (κ1) is 15.6. The minimum atomic E-state index is -1.15. The Hall–Kier alpha value is -2.44. The first-order valence-electron chi connectivity index (χ1n) is 5.96. The van der Waals surface area contributed by atoms with Gasteiger partial charge in [-0.1, -0.05) is 6.07 Å². The van der Waals surface area contributed by atoms with E-state index in [1.165, 1.54) is 25.1 Å². The molecule has 0 aliphatic rings. The van der Waals surface area contributed by atoms with Crippen molar-refractivity contribution in [1.82, 2.24) is 5.32 Å². The maximum atomic E-state index is 12.9. The van der Waals surface area contributed by atoms with Gasteiger partial charge >= 0.3 is 5.97 Å². The highest BCUT2D eigenvalue weighted by Gasteiger charge is 2.14. The summed E-state index contributed by atoms with van der Waals surface area (Å²) in [6.45, 7) is 1.33. The Labute approximate surface area is 115 Å². The van der Waals surface area contributed by atoms with Crippen LogP contribution in [0, 0.1) is 5.82 Å². The van der Waals surface area contributed by atoms with Crippen molar-refractivity contribution in [3.63, 3.8) is 0 Å². The highest BCUT2D eigenvalue weighted by atomic mass is 19.1. The SMILES string of the molecule is CC(NC(=O)CCC(=O)Nc1cccc(F)c1)C(=O)O. The lowest BCUT2D eigenvalue weighted by molar-refractivity contribution is -0.141. The Balaban J connectivity index is 2.36. The summed E-state index contributed by atoms with van der Waals surface area (Å²) >= 11 is 0. The third-order valence-electron chi connectivity index (χ3n) is 2.44. The fraction of sp³-hybridized carbons (Fsp3) is 0.308. The summed E-state index contributed by atoms with van der Waals surface area (Å²) in [5.74, 6) is -2.61. The number of carbonyl (C=O) groups is 3. The minimum Gasteiger partial charge on any atom is -0.480 e. The fourth-order valence-corrected chi connectivity index (χ4v) is 1.39. The van der Waals surface area contributed by atoms with Gasteiger partial charge in [0.15, 0.2) is 0 Å². The van der Waals surface area contributed by atoms with Crippen LogP contribution >= 0.6 is 0 Å². The van der Waals surface area contributed by atoms with E-state index in [-0.39, 0.29) is 12.8 Å². The number of anilines is 1. The molecule has 20 heavy (non-hydrogen) atoms. The van der Waals surface area contributed by atoms with E-state index in [4.69, 9.17) is 5.11 Å². The molecule has 2 amide bonds. The van der Waals surface area contributed by atoms with Gasteiger partial charge in [-0.3, -0.25) is 14.4 Å². The van der Waals surface area contributed by atoms with Crippen molar-refractivity contribution in [3.8, 4) is 0 Å². The second kappa shape index (κ2) is 7.22. The van der Waals surface area contributed by atoms with Crippen LogP contribution in [0.1, 0.15) is 19.8 Å². The van der Waals surface area contributed by atoms with Crippen molar-refractivity contribution < 1.29 is 23.9 Å². The minimum absolute atomic E-state index is 0.116. The number of amides is 2. The number of halogens is 1. The van der Waals surface area contributed by atoms with Gasteiger partial charge in [0, 0.05) is 18.5 Å². The fourth-order valence-electron chi connectivity index (χ4n) is 1.39. The van der Waals surface area contributed by atoms with Crippen LogP contribution in [0.5, 0.6) is 0 Å². The molecule has 3 N–H and O–H groups in total. The van der Waals surface area contributed by atoms with Crippen LogP contribution in [0.25, 0.3) is 0 Å². The molecule has 0 bridgehead atoms.